The molecule has 9 heteroatoms. The van der Waals surface area contributed by atoms with Crippen LogP contribution in [0.2, 0.25) is 0 Å². The third-order valence-corrected chi connectivity index (χ3v) is 6.95. The van der Waals surface area contributed by atoms with Crippen molar-refractivity contribution in [1.82, 2.24) is 9.55 Å². The zero-order chi connectivity index (χ0) is 22.6. The van der Waals surface area contributed by atoms with E-state index in [-0.39, 0.29) is 17.2 Å². The Hall–Kier alpha value is -3.30. The number of carbonyl (C=O) groups is 1. The molecule has 2 aromatic carbocycles. The van der Waals surface area contributed by atoms with Gasteiger partial charge in [0.25, 0.3) is 5.56 Å². The molecule has 7 nitrogen and oxygen atoms in total. The third-order valence-electron chi connectivity index (χ3n) is 5.08. The summed E-state index contributed by atoms with van der Waals surface area (Å²) in [6, 6.07) is 16.9. The fourth-order valence-electron chi connectivity index (χ4n) is 3.51. The number of benzene rings is 2. The second kappa shape index (κ2) is 9.68. The average molecular weight is 480 g/mol. The normalized spacial score (nSPS) is 13.0. The number of carbonyl (C=O) groups excluding carboxylic acids is 1. The maximum absolute atomic E-state index is 13.1. The minimum atomic E-state index is -0.194. The molecule has 3 heterocycles. The molecule has 1 N–H and O–H groups in total. The van der Waals surface area contributed by atoms with E-state index in [1.165, 1.54) is 23.1 Å². The Morgan fingerprint density at radius 3 is 2.76 bits per heavy atom. The molecular weight excluding hydrogens is 458 g/mol. The van der Waals surface area contributed by atoms with Crippen LogP contribution >= 0.6 is 23.1 Å². The highest BCUT2D eigenvalue weighted by Gasteiger charge is 2.16. The molecule has 1 aliphatic rings. The molecule has 0 atom stereocenters. The van der Waals surface area contributed by atoms with E-state index >= 15 is 0 Å². The lowest BCUT2D eigenvalue weighted by molar-refractivity contribution is -0.113. The van der Waals surface area contributed by atoms with Gasteiger partial charge in [-0.2, -0.15) is 0 Å². The lowest BCUT2D eigenvalue weighted by Crippen LogP contribution is -2.24. The first-order chi connectivity index (χ1) is 16.2. The van der Waals surface area contributed by atoms with Gasteiger partial charge in [-0.05, 0) is 29.1 Å². The van der Waals surface area contributed by atoms with Crippen molar-refractivity contribution in [3.8, 4) is 11.5 Å². The van der Waals surface area contributed by atoms with E-state index in [4.69, 9.17) is 9.47 Å². The fraction of sp³-hybridized carbons (Fsp3) is 0.208. The van der Waals surface area contributed by atoms with E-state index < -0.39 is 0 Å². The van der Waals surface area contributed by atoms with Crippen molar-refractivity contribution >= 4 is 44.9 Å². The number of thioether (sulfide) groups is 1. The maximum Gasteiger partial charge on any atom is 0.272 e. The van der Waals surface area contributed by atoms with Gasteiger partial charge in [-0.3, -0.25) is 14.2 Å². The Labute approximate surface area is 198 Å². The van der Waals surface area contributed by atoms with Gasteiger partial charge in [0.2, 0.25) is 5.91 Å². The number of thiophene rings is 1. The minimum Gasteiger partial charge on any atom is -0.490 e. The number of hydrogen-bond donors (Lipinski definition) is 1. The van der Waals surface area contributed by atoms with Crippen LogP contribution in [0.15, 0.2) is 69.9 Å². The molecule has 33 heavy (non-hydrogen) atoms. The number of amides is 1. The lowest BCUT2D eigenvalue weighted by atomic mass is 10.2. The summed E-state index contributed by atoms with van der Waals surface area (Å²) in [7, 11) is 0. The van der Waals surface area contributed by atoms with Crippen LogP contribution in [0.4, 0.5) is 5.69 Å². The number of ether oxygens (including phenoxy) is 2. The topological polar surface area (TPSA) is 82.5 Å². The number of nitrogens with one attached hydrogen (secondary N) is 1. The predicted molar refractivity (Wildman–Crippen MR) is 131 cm³/mol. The van der Waals surface area contributed by atoms with Crippen LogP contribution in [0.25, 0.3) is 10.2 Å². The molecule has 0 unspecified atom stereocenters. The highest BCUT2D eigenvalue weighted by atomic mass is 32.2. The first kappa shape index (κ1) is 21.5. The lowest BCUT2D eigenvalue weighted by Gasteiger charge is -2.13. The Morgan fingerprint density at radius 2 is 1.91 bits per heavy atom. The molecular formula is C24H21N3O4S2. The number of fused-ring (bicyclic) bond motifs is 2. The Bertz CT molecular complexity index is 1350. The Kier molecular flexibility index (Phi) is 6.32. The molecule has 0 saturated heterocycles. The Balaban J connectivity index is 1.33. The number of anilines is 1. The number of hydrogen-bond acceptors (Lipinski definition) is 7. The number of nitrogens with zero attached hydrogens (tertiary/aromatic N) is 2. The molecule has 0 bridgehead atoms. The first-order valence-corrected chi connectivity index (χ1v) is 12.4. The van der Waals surface area contributed by atoms with Gasteiger partial charge >= 0.3 is 0 Å². The van der Waals surface area contributed by atoms with Crippen LogP contribution in [-0.4, -0.2) is 34.4 Å². The van der Waals surface area contributed by atoms with Crippen LogP contribution in [0, 0.1) is 0 Å². The van der Waals surface area contributed by atoms with Crippen molar-refractivity contribution < 1.29 is 14.3 Å². The summed E-state index contributed by atoms with van der Waals surface area (Å²) in [5, 5.41) is 5.27. The summed E-state index contributed by atoms with van der Waals surface area (Å²) in [5.41, 5.74) is 2.19. The van der Waals surface area contributed by atoms with E-state index in [1.807, 2.05) is 41.8 Å². The van der Waals surface area contributed by atoms with Crippen molar-refractivity contribution in [1.29, 1.82) is 0 Å². The van der Waals surface area contributed by atoms with Crippen LogP contribution in [0.3, 0.4) is 0 Å². The molecule has 1 amide bonds. The van der Waals surface area contributed by atoms with E-state index in [0.29, 0.717) is 52.3 Å². The van der Waals surface area contributed by atoms with Crippen molar-refractivity contribution in [2.45, 2.75) is 18.1 Å². The Morgan fingerprint density at radius 1 is 1.09 bits per heavy atom. The van der Waals surface area contributed by atoms with E-state index in [2.05, 4.69) is 10.3 Å². The van der Waals surface area contributed by atoms with Crippen molar-refractivity contribution in [2.24, 2.45) is 0 Å². The number of aromatic nitrogens is 2. The second-order valence-corrected chi connectivity index (χ2v) is 9.31. The SMILES string of the molecule is O=C(CSc1nc2ccsc2c(=O)n1Cc1ccccc1)Nc1ccc2c(c1)OCCCO2. The van der Waals surface area contributed by atoms with Gasteiger partial charge in [-0.15, -0.1) is 11.3 Å². The molecule has 0 radical (unpaired) electrons. The van der Waals surface area contributed by atoms with Gasteiger partial charge in [-0.25, -0.2) is 4.98 Å². The zero-order valence-corrected chi connectivity index (χ0v) is 19.3. The van der Waals surface area contributed by atoms with Crippen LogP contribution in [0.1, 0.15) is 12.0 Å². The summed E-state index contributed by atoms with van der Waals surface area (Å²) in [5.74, 6) is 1.23. The third kappa shape index (κ3) is 4.89. The first-order valence-electron chi connectivity index (χ1n) is 10.5. The molecule has 4 aromatic rings. The van der Waals surface area contributed by atoms with Crippen LogP contribution < -0.4 is 20.3 Å². The average Bonchev–Trinajstić information content (AvgIpc) is 3.18. The smallest absolute Gasteiger partial charge is 0.272 e. The summed E-state index contributed by atoms with van der Waals surface area (Å²) in [4.78, 5) is 30.4. The molecule has 0 fully saturated rings. The number of rotatable bonds is 6. The van der Waals surface area contributed by atoms with Gasteiger partial charge in [0.1, 0.15) is 4.70 Å². The van der Waals surface area contributed by atoms with Gasteiger partial charge in [-0.1, -0.05) is 42.1 Å². The van der Waals surface area contributed by atoms with Gasteiger partial charge in [0.15, 0.2) is 16.7 Å². The van der Waals surface area contributed by atoms with Crippen molar-refractivity contribution in [3.05, 3.63) is 75.9 Å². The molecule has 0 saturated carbocycles. The maximum atomic E-state index is 13.1. The van der Waals surface area contributed by atoms with Crippen molar-refractivity contribution in [2.75, 3.05) is 24.3 Å². The summed E-state index contributed by atoms with van der Waals surface area (Å²) in [6.07, 6.45) is 0.819. The largest absolute Gasteiger partial charge is 0.490 e. The molecule has 0 aliphatic carbocycles. The molecule has 168 valence electrons. The summed E-state index contributed by atoms with van der Waals surface area (Å²) >= 11 is 2.63. The minimum absolute atomic E-state index is 0.0929. The molecule has 1 aliphatic heterocycles. The molecule has 2 aromatic heterocycles. The van der Waals surface area contributed by atoms with Gasteiger partial charge in [0.05, 0.1) is 31.0 Å². The van der Waals surface area contributed by atoms with E-state index in [1.54, 1.807) is 22.8 Å². The second-order valence-electron chi connectivity index (χ2n) is 7.46. The summed E-state index contributed by atoms with van der Waals surface area (Å²) < 4.78 is 13.6. The standard InChI is InChI=1S/C24H21N3O4S2/c28-21(25-17-7-8-19-20(13-17)31-11-4-10-30-19)15-33-24-26-18-9-12-32-22(18)23(29)27(24)14-16-5-2-1-3-6-16/h1-3,5-9,12-13H,4,10-11,14-15H2,(H,25,28). The molecule has 0 spiro atoms. The van der Waals surface area contributed by atoms with Crippen LogP contribution in [-0.2, 0) is 11.3 Å². The zero-order valence-electron chi connectivity index (χ0n) is 17.7. The van der Waals surface area contributed by atoms with Crippen LogP contribution in [0.5, 0.6) is 11.5 Å². The van der Waals surface area contributed by atoms with Gasteiger partial charge < -0.3 is 14.8 Å². The highest BCUT2D eigenvalue weighted by molar-refractivity contribution is 7.99. The molecule has 5 rings (SSSR count). The highest BCUT2D eigenvalue weighted by Crippen LogP contribution is 2.32. The predicted octanol–water partition coefficient (Wildman–Crippen LogP) is 4.40. The quantitative estimate of drug-likeness (QED) is 0.326. The monoisotopic (exact) mass is 479 g/mol. The van der Waals surface area contributed by atoms with E-state index in [9.17, 15) is 9.59 Å². The van der Waals surface area contributed by atoms with Gasteiger partial charge in [0, 0.05) is 18.2 Å². The van der Waals surface area contributed by atoms with E-state index in [0.717, 1.165) is 12.0 Å². The summed E-state index contributed by atoms with van der Waals surface area (Å²) in [6.45, 7) is 1.59. The fourth-order valence-corrected chi connectivity index (χ4v) is 5.08. The van der Waals surface area contributed by atoms with Crippen molar-refractivity contribution in [3.63, 3.8) is 0 Å².